The van der Waals surface area contributed by atoms with E-state index in [1.54, 1.807) is 6.07 Å². The third-order valence-corrected chi connectivity index (χ3v) is 4.46. The molecule has 2 heterocycles. The van der Waals surface area contributed by atoms with Crippen molar-refractivity contribution in [3.63, 3.8) is 0 Å². The molecule has 6 nitrogen and oxygen atoms in total. The lowest BCUT2D eigenvalue weighted by Crippen LogP contribution is -2.59. The Bertz CT molecular complexity index is 963. The highest BCUT2D eigenvalue weighted by Crippen LogP contribution is 2.29. The van der Waals surface area contributed by atoms with Gasteiger partial charge in [0.25, 0.3) is 0 Å². The molecule has 3 aromatic rings. The maximum absolute atomic E-state index is 11.8. The Morgan fingerprint density at radius 1 is 1.15 bits per heavy atom. The summed E-state index contributed by atoms with van der Waals surface area (Å²) in [5.74, 6) is 0.426. The maximum Gasteiger partial charge on any atom is 0.226 e. The van der Waals surface area contributed by atoms with Crippen molar-refractivity contribution in [3.8, 4) is 11.3 Å². The van der Waals surface area contributed by atoms with Crippen LogP contribution in [0.15, 0.2) is 48.5 Å². The molecular weight excluding hydrogens is 350 g/mol. The van der Waals surface area contributed by atoms with Crippen LogP contribution in [0.25, 0.3) is 22.2 Å². The zero-order chi connectivity index (χ0) is 18.1. The molecule has 7 heteroatoms. The predicted molar refractivity (Wildman–Crippen MR) is 103 cm³/mol. The van der Waals surface area contributed by atoms with Gasteiger partial charge in [-0.05, 0) is 25.1 Å². The van der Waals surface area contributed by atoms with Crippen LogP contribution >= 0.6 is 11.6 Å². The van der Waals surface area contributed by atoms with Crippen molar-refractivity contribution in [1.29, 1.82) is 0 Å². The summed E-state index contributed by atoms with van der Waals surface area (Å²) in [5, 5.41) is 10.8. The minimum Gasteiger partial charge on any atom is -0.323 e. The molecule has 1 fully saturated rings. The summed E-state index contributed by atoms with van der Waals surface area (Å²) in [4.78, 5) is 21.0. The molecule has 0 saturated carbocycles. The molecule has 26 heavy (non-hydrogen) atoms. The molecule has 1 amide bonds. The average Bonchev–Trinajstić information content (AvgIpc) is 2.61. The number of benzene rings is 2. The third-order valence-electron chi connectivity index (χ3n) is 4.23. The van der Waals surface area contributed by atoms with Gasteiger partial charge in [-0.25, -0.2) is 9.97 Å². The standard InChI is InChI=1S/C19H18ClN5O/c1-11-9-16(26)23-18(21-11)25-19-22-15-8-7-13(20)10-14(15)17(24-19)12-5-3-2-4-6-12/h2-8,10-11,18,21H,9H2,1H3,(H,23,26)(H,22,24,25). The van der Waals surface area contributed by atoms with Crippen LogP contribution in [0.4, 0.5) is 5.95 Å². The van der Waals surface area contributed by atoms with Crippen LogP contribution in [-0.4, -0.2) is 28.2 Å². The number of amides is 1. The topological polar surface area (TPSA) is 78.9 Å². The van der Waals surface area contributed by atoms with Gasteiger partial charge in [-0.3, -0.25) is 10.1 Å². The first-order valence-corrected chi connectivity index (χ1v) is 8.81. The number of anilines is 1. The highest BCUT2D eigenvalue weighted by Gasteiger charge is 2.23. The van der Waals surface area contributed by atoms with E-state index in [0.29, 0.717) is 17.4 Å². The van der Waals surface area contributed by atoms with E-state index in [-0.39, 0.29) is 11.9 Å². The van der Waals surface area contributed by atoms with Crippen LogP contribution in [-0.2, 0) is 4.79 Å². The second-order valence-corrected chi connectivity index (χ2v) is 6.78. The van der Waals surface area contributed by atoms with Gasteiger partial charge in [0.1, 0.15) is 0 Å². The average molecular weight is 368 g/mol. The Balaban J connectivity index is 1.76. The number of nitrogens with one attached hydrogen (secondary N) is 3. The van der Waals surface area contributed by atoms with Gasteiger partial charge < -0.3 is 10.6 Å². The van der Waals surface area contributed by atoms with Crippen molar-refractivity contribution in [3.05, 3.63) is 53.6 Å². The van der Waals surface area contributed by atoms with E-state index in [1.165, 1.54) is 0 Å². The van der Waals surface area contributed by atoms with Crippen molar-refractivity contribution in [2.45, 2.75) is 25.7 Å². The van der Waals surface area contributed by atoms with E-state index in [1.807, 2.05) is 49.4 Å². The van der Waals surface area contributed by atoms with E-state index in [2.05, 4.69) is 25.9 Å². The smallest absolute Gasteiger partial charge is 0.226 e. The van der Waals surface area contributed by atoms with Crippen molar-refractivity contribution in [2.75, 3.05) is 5.32 Å². The lowest BCUT2D eigenvalue weighted by atomic mass is 10.1. The number of hydrogen-bond donors (Lipinski definition) is 3. The monoisotopic (exact) mass is 367 g/mol. The van der Waals surface area contributed by atoms with Gasteiger partial charge in [-0.15, -0.1) is 0 Å². The molecule has 2 atom stereocenters. The Hall–Kier alpha value is -2.70. The van der Waals surface area contributed by atoms with Gasteiger partial charge in [0.2, 0.25) is 11.9 Å². The molecular formula is C19H18ClN5O. The van der Waals surface area contributed by atoms with Crippen LogP contribution in [0, 0.1) is 0 Å². The number of hydrogen-bond acceptors (Lipinski definition) is 5. The minimum atomic E-state index is -0.417. The molecule has 132 valence electrons. The summed E-state index contributed by atoms with van der Waals surface area (Å²) in [7, 11) is 0. The molecule has 0 bridgehead atoms. The number of halogens is 1. The van der Waals surface area contributed by atoms with E-state index >= 15 is 0 Å². The van der Waals surface area contributed by atoms with Crippen LogP contribution in [0.2, 0.25) is 5.02 Å². The van der Waals surface area contributed by atoms with Gasteiger partial charge in [-0.1, -0.05) is 41.9 Å². The van der Waals surface area contributed by atoms with Gasteiger partial charge in [-0.2, -0.15) is 0 Å². The zero-order valence-corrected chi connectivity index (χ0v) is 14.9. The van der Waals surface area contributed by atoms with Crippen LogP contribution in [0.3, 0.4) is 0 Å². The largest absolute Gasteiger partial charge is 0.323 e. The number of carbonyl (C=O) groups is 1. The Morgan fingerprint density at radius 3 is 2.73 bits per heavy atom. The second kappa shape index (κ2) is 6.90. The summed E-state index contributed by atoms with van der Waals surface area (Å²) in [6.45, 7) is 1.96. The van der Waals surface area contributed by atoms with Crippen LogP contribution < -0.4 is 16.0 Å². The van der Waals surface area contributed by atoms with Gasteiger partial charge in [0.15, 0.2) is 6.29 Å². The normalized spacial score (nSPS) is 20.0. The molecule has 4 rings (SSSR count). The number of fused-ring (bicyclic) bond motifs is 1. The number of aromatic nitrogens is 2. The second-order valence-electron chi connectivity index (χ2n) is 6.34. The van der Waals surface area contributed by atoms with Gasteiger partial charge in [0, 0.05) is 28.4 Å². The van der Waals surface area contributed by atoms with Crippen molar-refractivity contribution in [1.82, 2.24) is 20.6 Å². The summed E-state index contributed by atoms with van der Waals surface area (Å²) >= 11 is 6.18. The molecule has 2 unspecified atom stereocenters. The molecule has 1 aliphatic heterocycles. The summed E-state index contributed by atoms with van der Waals surface area (Å²) in [5.41, 5.74) is 2.54. The summed E-state index contributed by atoms with van der Waals surface area (Å²) in [6, 6.07) is 15.5. The first-order chi connectivity index (χ1) is 12.6. The van der Waals surface area contributed by atoms with E-state index < -0.39 is 6.29 Å². The lowest BCUT2D eigenvalue weighted by molar-refractivity contribution is -0.123. The molecule has 1 saturated heterocycles. The number of nitrogens with zero attached hydrogens (tertiary/aromatic N) is 2. The minimum absolute atomic E-state index is 0.00963. The summed E-state index contributed by atoms with van der Waals surface area (Å²) < 4.78 is 0. The first kappa shape index (κ1) is 16.8. The quantitative estimate of drug-likeness (QED) is 0.662. The fourth-order valence-corrected chi connectivity index (χ4v) is 3.24. The molecule has 3 N–H and O–H groups in total. The van der Waals surface area contributed by atoms with E-state index in [0.717, 1.165) is 22.2 Å². The zero-order valence-electron chi connectivity index (χ0n) is 14.2. The van der Waals surface area contributed by atoms with Gasteiger partial charge in [0.05, 0.1) is 11.2 Å². The van der Waals surface area contributed by atoms with Crippen molar-refractivity contribution in [2.24, 2.45) is 0 Å². The Labute approximate surface area is 156 Å². The van der Waals surface area contributed by atoms with Crippen molar-refractivity contribution >= 4 is 34.4 Å². The molecule has 0 spiro atoms. The molecule has 0 aliphatic carbocycles. The predicted octanol–water partition coefficient (Wildman–Crippen LogP) is 3.14. The molecule has 1 aliphatic rings. The van der Waals surface area contributed by atoms with Crippen molar-refractivity contribution < 1.29 is 4.79 Å². The molecule has 1 aromatic heterocycles. The Kier molecular flexibility index (Phi) is 4.44. The fraction of sp³-hybridized carbons (Fsp3) is 0.211. The summed E-state index contributed by atoms with van der Waals surface area (Å²) in [6.07, 6.45) is 0.0319. The highest BCUT2D eigenvalue weighted by atomic mass is 35.5. The van der Waals surface area contributed by atoms with E-state index in [9.17, 15) is 4.79 Å². The molecule has 0 radical (unpaired) electrons. The number of carbonyl (C=O) groups excluding carboxylic acids is 1. The van der Waals surface area contributed by atoms with E-state index in [4.69, 9.17) is 11.6 Å². The maximum atomic E-state index is 11.8. The highest BCUT2D eigenvalue weighted by molar-refractivity contribution is 6.31. The molecule has 2 aromatic carbocycles. The number of rotatable bonds is 3. The SMILES string of the molecule is CC1CC(=O)NC(Nc2nc(-c3ccccc3)c3cc(Cl)ccc3n2)N1. The van der Waals surface area contributed by atoms with Gasteiger partial charge >= 0.3 is 0 Å². The Morgan fingerprint density at radius 2 is 1.96 bits per heavy atom. The third kappa shape index (κ3) is 3.47. The lowest BCUT2D eigenvalue weighted by Gasteiger charge is -2.30. The first-order valence-electron chi connectivity index (χ1n) is 8.43. The van der Waals surface area contributed by atoms with Crippen LogP contribution in [0.1, 0.15) is 13.3 Å². The fourth-order valence-electron chi connectivity index (χ4n) is 3.07. The van der Waals surface area contributed by atoms with Crippen LogP contribution in [0.5, 0.6) is 0 Å².